The molecule has 3 rings (SSSR count). The van der Waals surface area contributed by atoms with Crippen molar-refractivity contribution in [1.82, 2.24) is 4.90 Å². The first kappa shape index (κ1) is 16.2. The minimum atomic E-state index is -3.39. The number of hydrogen-bond acceptors (Lipinski definition) is 6. The number of carbonyl (C=O) groups is 2. The lowest BCUT2D eigenvalue weighted by Crippen LogP contribution is -2.43. The Bertz CT molecular complexity index is 845. The molecule has 1 saturated heterocycles. The number of sulfone groups is 1. The molecule has 0 amide bonds. The predicted octanol–water partition coefficient (Wildman–Crippen LogP) is 0.606. The molecule has 2 atom stereocenters. The number of aliphatic hydroxyl groups excluding tert-OH is 1. The molecule has 122 valence electrons. The van der Waals surface area contributed by atoms with Crippen molar-refractivity contribution < 1.29 is 23.1 Å². The average Bonchev–Trinajstić information content (AvgIpc) is 2.78. The molecule has 1 fully saturated rings. The summed E-state index contributed by atoms with van der Waals surface area (Å²) >= 11 is 6.08. The van der Waals surface area contributed by atoms with E-state index in [0.29, 0.717) is 0 Å². The number of ketones is 2. The molecule has 0 saturated carbocycles. The van der Waals surface area contributed by atoms with Crippen molar-refractivity contribution in [3.8, 4) is 0 Å². The summed E-state index contributed by atoms with van der Waals surface area (Å²) < 4.78 is 23.4. The zero-order valence-corrected chi connectivity index (χ0v) is 13.8. The van der Waals surface area contributed by atoms with Gasteiger partial charge in [0, 0.05) is 18.2 Å². The van der Waals surface area contributed by atoms with E-state index in [1.807, 2.05) is 0 Å². The summed E-state index contributed by atoms with van der Waals surface area (Å²) in [6, 6.07) is 5.50. The Labute approximate surface area is 138 Å². The number of rotatable bonds is 2. The molecule has 1 N–H and O–H groups in total. The molecule has 1 aromatic rings. The van der Waals surface area contributed by atoms with Crippen molar-refractivity contribution in [2.24, 2.45) is 0 Å². The van der Waals surface area contributed by atoms with Crippen molar-refractivity contribution in [2.75, 3.05) is 18.6 Å². The topological polar surface area (TPSA) is 91.8 Å². The molecule has 0 bridgehead atoms. The lowest BCUT2D eigenvalue weighted by molar-refractivity contribution is 0.0875. The molecule has 1 heterocycles. The number of likely N-dealkylation sites (N-methyl/N-ethyl adjacent to an activating group) is 1. The van der Waals surface area contributed by atoms with Gasteiger partial charge in [-0.2, -0.15) is 0 Å². The Morgan fingerprint density at radius 2 is 1.70 bits per heavy atom. The summed E-state index contributed by atoms with van der Waals surface area (Å²) in [6.07, 6.45) is -1.14. The van der Waals surface area contributed by atoms with E-state index < -0.39 is 33.5 Å². The molecule has 23 heavy (non-hydrogen) atoms. The van der Waals surface area contributed by atoms with Crippen LogP contribution in [0.25, 0.3) is 0 Å². The second kappa shape index (κ2) is 5.43. The van der Waals surface area contributed by atoms with Gasteiger partial charge in [0.05, 0.1) is 23.7 Å². The number of Topliss-reactive ketones (excluding diaryl/α,β-unsaturated/α-hetero) is 2. The third kappa shape index (κ3) is 2.58. The minimum Gasteiger partial charge on any atom is -0.390 e. The van der Waals surface area contributed by atoms with Crippen molar-refractivity contribution >= 4 is 33.0 Å². The van der Waals surface area contributed by atoms with Gasteiger partial charge in [0.1, 0.15) is 10.7 Å². The predicted molar refractivity (Wildman–Crippen MR) is 84.2 cm³/mol. The van der Waals surface area contributed by atoms with E-state index in [-0.39, 0.29) is 33.4 Å². The molecule has 1 aliphatic heterocycles. The summed E-state index contributed by atoms with van der Waals surface area (Å²) in [5.74, 6) is -1.60. The molecular formula is C15H14ClNO5S. The highest BCUT2D eigenvalue weighted by atomic mass is 35.5. The molecule has 6 nitrogen and oxygen atoms in total. The monoisotopic (exact) mass is 355 g/mol. The summed E-state index contributed by atoms with van der Waals surface area (Å²) in [7, 11) is -1.93. The lowest BCUT2D eigenvalue weighted by Gasteiger charge is -2.32. The number of benzene rings is 1. The van der Waals surface area contributed by atoms with E-state index in [1.165, 1.54) is 24.1 Å². The Morgan fingerprint density at radius 3 is 2.22 bits per heavy atom. The van der Waals surface area contributed by atoms with Gasteiger partial charge in [0.2, 0.25) is 11.6 Å². The summed E-state index contributed by atoms with van der Waals surface area (Å²) in [5, 5.41) is 9.72. The zero-order valence-electron chi connectivity index (χ0n) is 12.2. The summed E-state index contributed by atoms with van der Waals surface area (Å²) in [5.41, 5.74) is 0.370. The van der Waals surface area contributed by atoms with Crippen LogP contribution in [0.15, 0.2) is 35.0 Å². The van der Waals surface area contributed by atoms with E-state index in [4.69, 9.17) is 11.6 Å². The average molecular weight is 356 g/mol. The number of carbonyl (C=O) groups excluding carboxylic acids is 2. The van der Waals surface area contributed by atoms with Crippen molar-refractivity contribution in [2.45, 2.75) is 12.1 Å². The first-order valence-electron chi connectivity index (χ1n) is 6.92. The van der Waals surface area contributed by atoms with Crippen LogP contribution in [0.1, 0.15) is 20.7 Å². The number of aliphatic hydroxyl groups is 1. The number of allylic oxidation sites excluding steroid dienone is 2. The van der Waals surface area contributed by atoms with Crippen molar-refractivity contribution in [3.63, 3.8) is 0 Å². The molecule has 2 unspecified atom stereocenters. The number of fused-ring (bicyclic) bond motifs is 1. The second-order valence-corrected chi connectivity index (χ2v) is 8.22. The summed E-state index contributed by atoms with van der Waals surface area (Å²) in [4.78, 5) is 26.3. The van der Waals surface area contributed by atoms with Crippen LogP contribution in [0.4, 0.5) is 0 Å². The Balaban J connectivity index is 2.04. The Morgan fingerprint density at radius 1 is 1.13 bits per heavy atom. The van der Waals surface area contributed by atoms with Crippen LogP contribution >= 0.6 is 11.6 Å². The van der Waals surface area contributed by atoms with Gasteiger partial charge in [0.25, 0.3) is 0 Å². The Kier molecular flexibility index (Phi) is 3.82. The van der Waals surface area contributed by atoms with E-state index in [9.17, 15) is 23.1 Å². The SMILES string of the molecule is CN(C1=C(Cl)C(=O)c2ccccc2C1=O)C1CS(=O)(=O)CC1O. The second-order valence-electron chi connectivity index (χ2n) is 5.69. The van der Waals surface area contributed by atoms with Crippen LogP contribution in [0.2, 0.25) is 0 Å². The molecule has 8 heteroatoms. The quantitative estimate of drug-likeness (QED) is 0.835. The maximum atomic E-state index is 12.7. The first-order chi connectivity index (χ1) is 10.7. The standard InChI is InChI=1S/C15H14ClNO5S/c1-17(10-6-23(21,22)7-11(10)18)13-12(16)14(19)8-4-2-3-5-9(8)15(13)20/h2-5,10-11,18H,6-7H2,1H3. The highest BCUT2D eigenvalue weighted by molar-refractivity contribution is 7.91. The van der Waals surface area contributed by atoms with E-state index >= 15 is 0 Å². The van der Waals surface area contributed by atoms with E-state index in [1.54, 1.807) is 12.1 Å². The van der Waals surface area contributed by atoms with Gasteiger partial charge in [-0.1, -0.05) is 35.9 Å². The van der Waals surface area contributed by atoms with E-state index in [0.717, 1.165) is 0 Å². The van der Waals surface area contributed by atoms with Gasteiger partial charge >= 0.3 is 0 Å². The molecular weight excluding hydrogens is 342 g/mol. The molecule has 0 aromatic heterocycles. The minimum absolute atomic E-state index is 0.0727. The summed E-state index contributed by atoms with van der Waals surface area (Å²) in [6.45, 7) is 0. The van der Waals surface area contributed by atoms with Gasteiger partial charge in [-0.05, 0) is 0 Å². The highest BCUT2D eigenvalue weighted by Crippen LogP contribution is 2.32. The molecule has 2 aliphatic rings. The van der Waals surface area contributed by atoms with Crippen LogP contribution in [0.3, 0.4) is 0 Å². The van der Waals surface area contributed by atoms with Gasteiger partial charge in [0.15, 0.2) is 9.84 Å². The fraction of sp³-hybridized carbons (Fsp3) is 0.333. The first-order valence-corrected chi connectivity index (χ1v) is 9.12. The number of hydrogen-bond donors (Lipinski definition) is 1. The highest BCUT2D eigenvalue weighted by Gasteiger charge is 2.43. The zero-order chi connectivity index (χ0) is 16.9. The van der Waals surface area contributed by atoms with Gasteiger partial charge in [-0.15, -0.1) is 0 Å². The van der Waals surface area contributed by atoms with Crippen LogP contribution < -0.4 is 0 Å². The van der Waals surface area contributed by atoms with Crippen molar-refractivity contribution in [3.05, 3.63) is 46.1 Å². The molecule has 0 spiro atoms. The number of halogens is 1. The van der Waals surface area contributed by atoms with Crippen molar-refractivity contribution in [1.29, 1.82) is 0 Å². The fourth-order valence-electron chi connectivity index (χ4n) is 2.99. The smallest absolute Gasteiger partial charge is 0.211 e. The molecule has 0 radical (unpaired) electrons. The van der Waals surface area contributed by atoms with Crippen LogP contribution in [-0.2, 0) is 9.84 Å². The van der Waals surface area contributed by atoms with Gasteiger partial charge < -0.3 is 10.0 Å². The van der Waals surface area contributed by atoms with E-state index in [2.05, 4.69) is 0 Å². The Hall–Kier alpha value is -1.70. The maximum Gasteiger partial charge on any atom is 0.211 e. The molecule has 1 aliphatic carbocycles. The van der Waals surface area contributed by atoms with Crippen LogP contribution in [0.5, 0.6) is 0 Å². The third-order valence-electron chi connectivity index (χ3n) is 4.18. The van der Waals surface area contributed by atoms with Gasteiger partial charge in [-0.3, -0.25) is 9.59 Å². The normalized spacial score (nSPS) is 26.4. The van der Waals surface area contributed by atoms with Crippen LogP contribution in [-0.4, -0.2) is 60.7 Å². The largest absolute Gasteiger partial charge is 0.390 e. The van der Waals surface area contributed by atoms with Crippen LogP contribution in [0, 0.1) is 0 Å². The molecule has 1 aromatic carbocycles. The van der Waals surface area contributed by atoms with Gasteiger partial charge in [-0.25, -0.2) is 8.42 Å². The maximum absolute atomic E-state index is 12.7. The number of nitrogens with zero attached hydrogens (tertiary/aromatic N) is 1. The third-order valence-corrected chi connectivity index (χ3v) is 6.23. The lowest BCUT2D eigenvalue weighted by atomic mass is 9.91. The fourth-order valence-corrected chi connectivity index (χ4v) is 5.16.